The van der Waals surface area contributed by atoms with Crippen molar-refractivity contribution in [2.45, 2.75) is 6.92 Å². The van der Waals surface area contributed by atoms with Crippen LogP contribution in [0.5, 0.6) is 0 Å². The minimum Gasteiger partial charge on any atom is -0.329 e. The molecule has 0 spiro atoms. The number of thiazole rings is 1. The van der Waals surface area contributed by atoms with Gasteiger partial charge in [0.15, 0.2) is 5.13 Å². The Balaban J connectivity index is 1.96. The number of aryl methyl sites for hydroxylation is 1. The first-order valence-electron chi connectivity index (χ1n) is 5.71. The molecule has 2 nitrogen and oxygen atoms in total. The van der Waals surface area contributed by atoms with Gasteiger partial charge in [0.05, 0.1) is 15.9 Å². The number of hydrogen-bond acceptors (Lipinski definition) is 3. The van der Waals surface area contributed by atoms with Crippen LogP contribution in [0.4, 0.5) is 15.2 Å². The molecule has 2 aromatic carbocycles. The molecule has 0 bridgehead atoms. The molecule has 19 heavy (non-hydrogen) atoms. The first kappa shape index (κ1) is 12.6. The fraction of sp³-hybridized carbons (Fsp3) is 0.0714. The van der Waals surface area contributed by atoms with E-state index < -0.39 is 0 Å². The molecule has 0 saturated carbocycles. The van der Waals surface area contributed by atoms with Crippen LogP contribution < -0.4 is 5.32 Å². The quantitative estimate of drug-likeness (QED) is 0.691. The normalized spacial score (nSPS) is 10.9. The van der Waals surface area contributed by atoms with E-state index in [9.17, 15) is 4.39 Å². The number of anilines is 2. The van der Waals surface area contributed by atoms with Crippen molar-refractivity contribution < 1.29 is 4.39 Å². The number of aromatic nitrogens is 1. The lowest BCUT2D eigenvalue weighted by atomic mass is 10.2. The van der Waals surface area contributed by atoms with Crippen molar-refractivity contribution in [3.05, 3.63) is 52.3 Å². The molecular formula is C14H10BrFN2S. The summed E-state index contributed by atoms with van der Waals surface area (Å²) in [4.78, 5) is 4.44. The third kappa shape index (κ3) is 2.62. The highest BCUT2D eigenvalue weighted by atomic mass is 79.9. The molecule has 0 aliphatic rings. The van der Waals surface area contributed by atoms with Crippen molar-refractivity contribution in [3.63, 3.8) is 0 Å². The molecule has 1 aromatic heterocycles. The fourth-order valence-electron chi connectivity index (χ4n) is 1.79. The highest BCUT2D eigenvalue weighted by molar-refractivity contribution is 9.10. The summed E-state index contributed by atoms with van der Waals surface area (Å²) in [5.74, 6) is -0.301. The van der Waals surface area contributed by atoms with Crippen molar-refractivity contribution in [1.82, 2.24) is 4.98 Å². The zero-order chi connectivity index (χ0) is 13.4. The molecule has 0 fully saturated rings. The molecule has 3 rings (SSSR count). The van der Waals surface area contributed by atoms with E-state index in [1.54, 1.807) is 12.1 Å². The molecule has 5 heteroatoms. The SMILES string of the molecule is Cc1ccc2nc(Nc3ccc(Br)cc3F)sc2c1. The molecule has 0 atom stereocenters. The van der Waals surface area contributed by atoms with Crippen LogP contribution in [0.1, 0.15) is 5.56 Å². The van der Waals surface area contributed by atoms with Crippen molar-refractivity contribution in [2.75, 3.05) is 5.32 Å². The van der Waals surface area contributed by atoms with Crippen LogP contribution in [0.15, 0.2) is 40.9 Å². The van der Waals surface area contributed by atoms with E-state index in [1.807, 2.05) is 19.1 Å². The Morgan fingerprint density at radius 2 is 2.05 bits per heavy atom. The number of nitrogens with zero attached hydrogens (tertiary/aromatic N) is 1. The van der Waals surface area contributed by atoms with Crippen LogP contribution in [-0.4, -0.2) is 4.98 Å². The lowest BCUT2D eigenvalue weighted by molar-refractivity contribution is 0.631. The average molecular weight is 337 g/mol. The van der Waals surface area contributed by atoms with Crippen LogP contribution in [-0.2, 0) is 0 Å². The second kappa shape index (κ2) is 4.90. The predicted molar refractivity (Wildman–Crippen MR) is 81.7 cm³/mol. The van der Waals surface area contributed by atoms with Gasteiger partial charge in [0, 0.05) is 4.47 Å². The topological polar surface area (TPSA) is 24.9 Å². The summed E-state index contributed by atoms with van der Waals surface area (Å²) in [6, 6.07) is 11.0. The maximum Gasteiger partial charge on any atom is 0.188 e. The molecule has 3 aromatic rings. The summed E-state index contributed by atoms with van der Waals surface area (Å²) in [6.07, 6.45) is 0. The van der Waals surface area contributed by atoms with Gasteiger partial charge in [-0.1, -0.05) is 33.3 Å². The molecule has 1 N–H and O–H groups in total. The Bertz CT molecular complexity index is 754. The van der Waals surface area contributed by atoms with E-state index in [1.165, 1.54) is 23.0 Å². The van der Waals surface area contributed by atoms with E-state index in [4.69, 9.17) is 0 Å². The van der Waals surface area contributed by atoms with E-state index >= 15 is 0 Å². The molecular weight excluding hydrogens is 327 g/mol. The van der Waals surface area contributed by atoms with Gasteiger partial charge in [-0.25, -0.2) is 9.37 Å². The predicted octanol–water partition coefficient (Wildman–Crippen LogP) is 5.25. The fourth-order valence-corrected chi connectivity index (χ4v) is 3.10. The number of nitrogens with one attached hydrogen (secondary N) is 1. The summed E-state index contributed by atoms with van der Waals surface area (Å²) in [5, 5.41) is 3.72. The van der Waals surface area contributed by atoms with Crippen LogP contribution in [0, 0.1) is 12.7 Å². The van der Waals surface area contributed by atoms with Crippen LogP contribution in [0.25, 0.3) is 10.2 Å². The first-order chi connectivity index (χ1) is 9.11. The minimum atomic E-state index is -0.301. The molecule has 1 heterocycles. The molecule has 0 saturated heterocycles. The zero-order valence-electron chi connectivity index (χ0n) is 10.1. The molecule has 0 radical (unpaired) electrons. The van der Waals surface area contributed by atoms with Gasteiger partial charge in [-0.2, -0.15) is 0 Å². The molecule has 96 valence electrons. The summed E-state index contributed by atoms with van der Waals surface area (Å²) < 4.78 is 15.6. The Morgan fingerprint density at radius 3 is 2.84 bits per heavy atom. The van der Waals surface area contributed by atoms with E-state index in [0.29, 0.717) is 10.8 Å². The van der Waals surface area contributed by atoms with E-state index in [-0.39, 0.29) is 5.82 Å². The van der Waals surface area contributed by atoms with Gasteiger partial charge < -0.3 is 5.32 Å². The standard InChI is InChI=1S/C14H10BrFN2S/c1-8-2-4-12-13(6-8)19-14(18-12)17-11-5-3-9(15)7-10(11)16/h2-7H,1H3,(H,17,18). The Labute approximate surface area is 122 Å². The Morgan fingerprint density at radius 1 is 1.21 bits per heavy atom. The second-order valence-corrected chi connectivity index (χ2v) is 6.19. The largest absolute Gasteiger partial charge is 0.329 e. The maximum absolute atomic E-state index is 13.7. The van der Waals surface area contributed by atoms with Gasteiger partial charge in [0.25, 0.3) is 0 Å². The lowest BCUT2D eigenvalue weighted by Crippen LogP contribution is -1.92. The van der Waals surface area contributed by atoms with Crippen LogP contribution in [0.3, 0.4) is 0 Å². The maximum atomic E-state index is 13.7. The van der Waals surface area contributed by atoms with Gasteiger partial charge >= 0.3 is 0 Å². The van der Waals surface area contributed by atoms with Gasteiger partial charge in [0.1, 0.15) is 5.82 Å². The molecule has 0 aliphatic carbocycles. The zero-order valence-corrected chi connectivity index (χ0v) is 12.5. The Hall–Kier alpha value is -1.46. The minimum absolute atomic E-state index is 0.301. The third-order valence-corrected chi connectivity index (χ3v) is 4.14. The summed E-state index contributed by atoms with van der Waals surface area (Å²) in [5.41, 5.74) is 2.55. The van der Waals surface area contributed by atoms with E-state index in [0.717, 1.165) is 14.7 Å². The summed E-state index contributed by atoms with van der Waals surface area (Å²) in [7, 11) is 0. The monoisotopic (exact) mass is 336 g/mol. The van der Waals surface area contributed by atoms with Crippen molar-refractivity contribution >= 4 is 48.3 Å². The third-order valence-electron chi connectivity index (χ3n) is 2.72. The Kier molecular flexibility index (Phi) is 3.24. The van der Waals surface area contributed by atoms with Crippen molar-refractivity contribution in [1.29, 1.82) is 0 Å². The highest BCUT2D eigenvalue weighted by Crippen LogP contribution is 2.30. The number of hydrogen-bond donors (Lipinski definition) is 1. The molecule has 0 amide bonds. The molecule has 0 aliphatic heterocycles. The highest BCUT2D eigenvalue weighted by Gasteiger charge is 2.07. The van der Waals surface area contributed by atoms with Gasteiger partial charge in [-0.05, 0) is 42.8 Å². The summed E-state index contributed by atoms with van der Waals surface area (Å²) >= 11 is 4.76. The average Bonchev–Trinajstić information content (AvgIpc) is 2.74. The van der Waals surface area contributed by atoms with E-state index in [2.05, 4.69) is 32.3 Å². The lowest BCUT2D eigenvalue weighted by Gasteiger charge is -2.03. The number of halogens is 2. The smallest absolute Gasteiger partial charge is 0.188 e. The van der Waals surface area contributed by atoms with Crippen molar-refractivity contribution in [2.24, 2.45) is 0 Å². The molecule has 0 unspecified atom stereocenters. The second-order valence-electron chi connectivity index (χ2n) is 4.24. The first-order valence-corrected chi connectivity index (χ1v) is 7.32. The number of rotatable bonds is 2. The van der Waals surface area contributed by atoms with Gasteiger partial charge in [-0.15, -0.1) is 0 Å². The van der Waals surface area contributed by atoms with Crippen molar-refractivity contribution in [3.8, 4) is 0 Å². The van der Waals surface area contributed by atoms with Crippen LogP contribution >= 0.6 is 27.3 Å². The summed E-state index contributed by atoms with van der Waals surface area (Å²) in [6.45, 7) is 2.04. The van der Waals surface area contributed by atoms with Gasteiger partial charge in [0.2, 0.25) is 0 Å². The number of benzene rings is 2. The van der Waals surface area contributed by atoms with Gasteiger partial charge in [-0.3, -0.25) is 0 Å². The number of fused-ring (bicyclic) bond motifs is 1. The van der Waals surface area contributed by atoms with Crippen LogP contribution in [0.2, 0.25) is 0 Å².